The fraction of sp³-hybridized carbons (Fsp3) is 0.250. The van der Waals surface area contributed by atoms with Crippen molar-refractivity contribution in [2.45, 2.75) is 38.6 Å². The van der Waals surface area contributed by atoms with E-state index >= 15 is 0 Å². The zero-order valence-corrected chi connectivity index (χ0v) is 22.3. The van der Waals surface area contributed by atoms with E-state index in [-0.39, 0.29) is 17.6 Å². The number of carbonyl (C=O) groups is 1. The van der Waals surface area contributed by atoms with Crippen LogP contribution >= 0.6 is 0 Å². The molecular weight excluding hydrogens is 551 g/mol. The van der Waals surface area contributed by atoms with Gasteiger partial charge >= 0.3 is 6.18 Å². The lowest BCUT2D eigenvalue weighted by atomic mass is 10.1. The van der Waals surface area contributed by atoms with Gasteiger partial charge in [-0.2, -0.15) is 13.2 Å². The maximum absolute atomic E-state index is 13.1. The molecule has 0 aliphatic carbocycles. The number of amides is 1. The minimum Gasteiger partial charge on any atom is -0.358 e. The van der Waals surface area contributed by atoms with E-state index in [9.17, 15) is 18.0 Å². The molecule has 42 heavy (non-hydrogen) atoms. The number of nitrogens with one attached hydrogen (secondary N) is 2. The van der Waals surface area contributed by atoms with E-state index in [1.54, 1.807) is 31.6 Å². The zero-order valence-electron chi connectivity index (χ0n) is 22.3. The quantitative estimate of drug-likeness (QED) is 0.262. The highest BCUT2D eigenvalue weighted by atomic mass is 19.4. The van der Waals surface area contributed by atoms with Gasteiger partial charge in [0.1, 0.15) is 35.3 Å². The molecule has 5 aromatic rings. The number of ether oxygens (including phenoxy) is 1. The van der Waals surface area contributed by atoms with Crippen LogP contribution in [0.4, 0.5) is 30.4 Å². The SMILES string of the molecule is Cc1ncc(NC(=O)c2cc(C(F)(F)F)ccn2)cc1Nc1ncccc1-c1ncnc2c1ncn2C1CCCCO1. The predicted octanol–water partition coefficient (Wildman–Crippen LogP) is 5.70. The molecule has 1 unspecified atom stereocenters. The Labute approximate surface area is 237 Å². The Bertz CT molecular complexity index is 1770. The molecule has 0 aromatic carbocycles. The molecular formula is C28H24F3N9O2. The Kier molecular flexibility index (Phi) is 7.20. The van der Waals surface area contributed by atoms with Gasteiger partial charge in [0.05, 0.1) is 35.2 Å². The lowest BCUT2D eigenvalue weighted by Crippen LogP contribution is -2.17. The Morgan fingerprint density at radius 3 is 2.74 bits per heavy atom. The van der Waals surface area contributed by atoms with Gasteiger partial charge in [-0.05, 0) is 56.5 Å². The first-order valence-electron chi connectivity index (χ1n) is 13.1. The van der Waals surface area contributed by atoms with Crippen molar-refractivity contribution in [2.75, 3.05) is 17.2 Å². The summed E-state index contributed by atoms with van der Waals surface area (Å²) in [6, 6.07) is 6.73. The summed E-state index contributed by atoms with van der Waals surface area (Å²) < 4.78 is 47.1. The van der Waals surface area contributed by atoms with Crippen LogP contribution in [0.15, 0.2) is 61.6 Å². The molecule has 11 nitrogen and oxygen atoms in total. The Hall–Kier alpha value is -4.98. The number of hydrogen-bond acceptors (Lipinski definition) is 9. The van der Waals surface area contributed by atoms with Crippen molar-refractivity contribution in [1.29, 1.82) is 0 Å². The molecule has 14 heteroatoms. The van der Waals surface area contributed by atoms with Crippen LogP contribution in [0, 0.1) is 6.92 Å². The van der Waals surface area contributed by atoms with Gasteiger partial charge in [-0.15, -0.1) is 0 Å². The van der Waals surface area contributed by atoms with Gasteiger partial charge in [-0.25, -0.2) is 19.9 Å². The molecule has 1 amide bonds. The number of hydrogen-bond donors (Lipinski definition) is 2. The number of aromatic nitrogens is 7. The molecule has 0 saturated carbocycles. The van der Waals surface area contributed by atoms with E-state index in [1.165, 1.54) is 12.5 Å². The first-order valence-corrected chi connectivity index (χ1v) is 13.1. The zero-order chi connectivity index (χ0) is 29.3. The van der Waals surface area contributed by atoms with Gasteiger partial charge in [0.25, 0.3) is 5.91 Å². The molecule has 0 spiro atoms. The average Bonchev–Trinajstić information content (AvgIpc) is 3.44. The van der Waals surface area contributed by atoms with E-state index in [2.05, 4.69) is 40.5 Å². The molecule has 6 rings (SSSR count). The van der Waals surface area contributed by atoms with Crippen molar-refractivity contribution in [3.8, 4) is 11.3 Å². The number of pyridine rings is 3. The average molecular weight is 576 g/mol. The number of rotatable bonds is 6. The molecule has 5 aromatic heterocycles. The molecule has 2 N–H and O–H groups in total. The van der Waals surface area contributed by atoms with Crippen LogP contribution in [0.25, 0.3) is 22.4 Å². The van der Waals surface area contributed by atoms with E-state index in [4.69, 9.17) is 4.74 Å². The van der Waals surface area contributed by atoms with E-state index in [1.807, 2.05) is 10.6 Å². The number of aryl methyl sites for hydroxylation is 1. The van der Waals surface area contributed by atoms with Crippen LogP contribution in [0.5, 0.6) is 0 Å². The third-order valence-corrected chi connectivity index (χ3v) is 6.81. The number of imidazole rings is 1. The highest BCUT2D eigenvalue weighted by molar-refractivity contribution is 6.03. The summed E-state index contributed by atoms with van der Waals surface area (Å²) in [5.74, 6) is -0.356. The Morgan fingerprint density at radius 2 is 1.93 bits per heavy atom. The van der Waals surface area contributed by atoms with Crippen LogP contribution in [0.1, 0.15) is 47.2 Å². The maximum Gasteiger partial charge on any atom is 0.416 e. The van der Waals surface area contributed by atoms with Crippen molar-refractivity contribution < 1.29 is 22.7 Å². The molecule has 1 atom stereocenters. The summed E-state index contributed by atoms with van der Waals surface area (Å²) in [5, 5.41) is 5.81. The molecule has 1 saturated heterocycles. The molecule has 1 fully saturated rings. The molecule has 0 bridgehead atoms. The number of anilines is 3. The van der Waals surface area contributed by atoms with Crippen molar-refractivity contribution in [2.24, 2.45) is 0 Å². The lowest BCUT2D eigenvalue weighted by Gasteiger charge is -2.23. The van der Waals surface area contributed by atoms with Crippen LogP contribution in [0.3, 0.4) is 0 Å². The van der Waals surface area contributed by atoms with Gasteiger partial charge < -0.3 is 15.4 Å². The fourth-order valence-electron chi connectivity index (χ4n) is 4.68. The van der Waals surface area contributed by atoms with Gasteiger partial charge in [-0.1, -0.05) is 0 Å². The second-order valence-electron chi connectivity index (χ2n) is 9.63. The van der Waals surface area contributed by atoms with Crippen molar-refractivity contribution in [3.63, 3.8) is 0 Å². The number of fused-ring (bicyclic) bond motifs is 1. The van der Waals surface area contributed by atoms with Crippen molar-refractivity contribution >= 4 is 34.3 Å². The van der Waals surface area contributed by atoms with Crippen molar-refractivity contribution in [1.82, 2.24) is 34.5 Å². The summed E-state index contributed by atoms with van der Waals surface area (Å²) in [6.45, 7) is 2.45. The van der Waals surface area contributed by atoms with Crippen LogP contribution in [0.2, 0.25) is 0 Å². The number of alkyl halides is 3. The van der Waals surface area contributed by atoms with Crippen molar-refractivity contribution in [3.05, 3.63) is 78.5 Å². The lowest BCUT2D eigenvalue weighted by molar-refractivity contribution is -0.137. The van der Waals surface area contributed by atoms with E-state index in [0.29, 0.717) is 52.3 Å². The molecule has 1 aliphatic rings. The van der Waals surface area contributed by atoms with Crippen LogP contribution < -0.4 is 10.6 Å². The van der Waals surface area contributed by atoms with Crippen LogP contribution in [-0.4, -0.2) is 47.0 Å². The molecule has 6 heterocycles. The highest BCUT2D eigenvalue weighted by Crippen LogP contribution is 2.34. The Morgan fingerprint density at radius 1 is 1.05 bits per heavy atom. The third kappa shape index (κ3) is 5.48. The van der Waals surface area contributed by atoms with Gasteiger partial charge in [0, 0.05) is 24.6 Å². The number of carbonyl (C=O) groups excluding carboxylic acids is 1. The normalized spacial score (nSPS) is 15.5. The molecule has 1 aliphatic heterocycles. The minimum absolute atomic E-state index is 0.143. The summed E-state index contributed by atoms with van der Waals surface area (Å²) >= 11 is 0. The standard InChI is InChI=1S/C28H24F3N9O2/c1-16-20(12-18(13-34-16)38-27(41)21-11-17(7-9-32-21)28(29,30)31)39-25-19(5-4-8-33-25)23-24-26(36-14-35-23)40(15-37-24)22-6-2-3-10-42-22/h4-5,7-9,11-15,22H,2-3,6,10H2,1H3,(H,33,39)(H,38,41). The summed E-state index contributed by atoms with van der Waals surface area (Å²) in [4.78, 5) is 38.9. The fourth-order valence-corrected chi connectivity index (χ4v) is 4.68. The first kappa shape index (κ1) is 27.2. The first-order chi connectivity index (χ1) is 20.3. The second-order valence-corrected chi connectivity index (χ2v) is 9.63. The monoisotopic (exact) mass is 575 g/mol. The molecule has 214 valence electrons. The number of nitrogens with zero attached hydrogens (tertiary/aromatic N) is 7. The van der Waals surface area contributed by atoms with Gasteiger partial charge in [0.2, 0.25) is 0 Å². The molecule has 0 radical (unpaired) electrons. The summed E-state index contributed by atoms with van der Waals surface area (Å²) in [6.07, 6.45) is 5.35. The maximum atomic E-state index is 13.1. The summed E-state index contributed by atoms with van der Waals surface area (Å²) in [5.41, 5.74) is 2.46. The predicted molar refractivity (Wildman–Crippen MR) is 147 cm³/mol. The number of halogens is 3. The largest absolute Gasteiger partial charge is 0.416 e. The van der Waals surface area contributed by atoms with Gasteiger partial charge in [-0.3, -0.25) is 19.3 Å². The minimum atomic E-state index is -4.60. The highest BCUT2D eigenvalue weighted by Gasteiger charge is 2.31. The topological polar surface area (TPSA) is 133 Å². The second kappa shape index (κ2) is 11.1. The summed E-state index contributed by atoms with van der Waals surface area (Å²) in [7, 11) is 0. The third-order valence-electron chi connectivity index (χ3n) is 6.81. The van der Waals surface area contributed by atoms with E-state index < -0.39 is 17.6 Å². The van der Waals surface area contributed by atoms with Gasteiger partial charge in [0.15, 0.2) is 5.65 Å². The van der Waals surface area contributed by atoms with E-state index in [0.717, 1.165) is 31.5 Å². The van der Waals surface area contributed by atoms with Crippen LogP contribution in [-0.2, 0) is 10.9 Å². The Balaban J connectivity index is 1.28. The smallest absolute Gasteiger partial charge is 0.358 e.